The largest absolute Gasteiger partial charge is 0.354 e. The average Bonchev–Trinajstić information content (AvgIpc) is 2.96. The highest BCUT2D eigenvalue weighted by Gasteiger charge is 2.24. The molecule has 2 N–H and O–H groups in total. The number of aromatic nitrogens is 1. The highest BCUT2D eigenvalue weighted by molar-refractivity contribution is 14.0. The monoisotopic (exact) mass is 450 g/mol. The van der Waals surface area contributed by atoms with Gasteiger partial charge in [0, 0.05) is 24.2 Å². The zero-order valence-corrected chi connectivity index (χ0v) is 17.9. The summed E-state index contributed by atoms with van der Waals surface area (Å²) in [5, 5.41) is 8.04. The Balaban J connectivity index is 0.00000264. The Morgan fingerprint density at radius 1 is 1.35 bits per heavy atom. The molecule has 1 aliphatic rings. The molecule has 2 rings (SSSR count). The van der Waals surface area contributed by atoms with Crippen molar-refractivity contribution in [3.8, 4) is 0 Å². The van der Waals surface area contributed by atoms with E-state index in [4.69, 9.17) is 0 Å². The van der Waals surface area contributed by atoms with Gasteiger partial charge in [-0.3, -0.25) is 4.99 Å². The lowest BCUT2D eigenvalue weighted by Gasteiger charge is -2.32. The quantitative estimate of drug-likeness (QED) is 0.399. The van der Waals surface area contributed by atoms with Crippen LogP contribution in [0.2, 0.25) is 0 Å². The smallest absolute Gasteiger partial charge is 0.191 e. The molecule has 1 aliphatic carbocycles. The Bertz CT molecular complexity index is 483. The van der Waals surface area contributed by atoms with Gasteiger partial charge in [-0.1, -0.05) is 39.0 Å². The van der Waals surface area contributed by atoms with E-state index in [-0.39, 0.29) is 24.0 Å². The van der Waals surface area contributed by atoms with E-state index in [1.165, 1.54) is 37.0 Å². The second-order valence-corrected chi connectivity index (χ2v) is 7.80. The maximum Gasteiger partial charge on any atom is 0.191 e. The molecule has 0 spiro atoms. The van der Waals surface area contributed by atoms with Gasteiger partial charge in [-0.05, 0) is 25.7 Å². The molecule has 1 heterocycles. The van der Waals surface area contributed by atoms with Crippen LogP contribution in [0.25, 0.3) is 0 Å². The van der Waals surface area contributed by atoms with Crippen molar-refractivity contribution >= 4 is 41.3 Å². The molecule has 0 aliphatic heterocycles. The van der Waals surface area contributed by atoms with E-state index in [0.29, 0.717) is 12.0 Å². The fourth-order valence-corrected chi connectivity index (χ4v) is 3.98. The van der Waals surface area contributed by atoms with Gasteiger partial charge in [0.2, 0.25) is 0 Å². The Hall–Kier alpha value is -0.370. The van der Waals surface area contributed by atoms with Crippen molar-refractivity contribution in [1.82, 2.24) is 15.6 Å². The van der Waals surface area contributed by atoms with Gasteiger partial charge in [0.15, 0.2) is 5.96 Å². The summed E-state index contributed by atoms with van der Waals surface area (Å²) < 4.78 is 0. The Morgan fingerprint density at radius 2 is 2.04 bits per heavy atom. The zero-order chi connectivity index (χ0) is 15.9. The number of halogens is 1. The highest BCUT2D eigenvalue weighted by Crippen LogP contribution is 2.31. The van der Waals surface area contributed by atoms with Crippen LogP contribution >= 0.6 is 35.3 Å². The van der Waals surface area contributed by atoms with E-state index in [0.717, 1.165) is 23.4 Å². The van der Waals surface area contributed by atoms with Crippen LogP contribution < -0.4 is 10.6 Å². The number of aliphatic imine (C=N–C) groups is 1. The number of thiazole rings is 1. The molecule has 0 bridgehead atoms. The van der Waals surface area contributed by atoms with Crippen LogP contribution in [-0.4, -0.2) is 24.0 Å². The van der Waals surface area contributed by atoms with Gasteiger partial charge in [0.1, 0.15) is 5.01 Å². The molecule has 0 saturated heterocycles. The summed E-state index contributed by atoms with van der Waals surface area (Å²) in [6.07, 6.45) is 8.92. The van der Waals surface area contributed by atoms with Gasteiger partial charge >= 0.3 is 0 Å². The average molecular weight is 450 g/mol. The topological polar surface area (TPSA) is 49.3 Å². The minimum absolute atomic E-state index is 0. The standard InChI is InChI=1S/C17H30N4S.HI/c1-12-10-19-16(22-12)11-20-17(18-4)21-14(3)13(2)15-8-6-5-7-9-15;/h10,13-15H,5-9,11H2,1-4H3,(H2,18,20,21);1H. The first-order chi connectivity index (χ1) is 10.6. The van der Waals surface area contributed by atoms with Crippen LogP contribution in [0.5, 0.6) is 0 Å². The van der Waals surface area contributed by atoms with E-state index in [1.807, 2.05) is 13.2 Å². The predicted octanol–water partition coefficient (Wildman–Crippen LogP) is 4.34. The van der Waals surface area contributed by atoms with Crippen LogP contribution in [0.3, 0.4) is 0 Å². The summed E-state index contributed by atoms with van der Waals surface area (Å²) in [7, 11) is 1.83. The van der Waals surface area contributed by atoms with Gasteiger partial charge < -0.3 is 10.6 Å². The van der Waals surface area contributed by atoms with E-state index in [9.17, 15) is 0 Å². The summed E-state index contributed by atoms with van der Waals surface area (Å²) in [5.41, 5.74) is 0. The third kappa shape index (κ3) is 6.57. The molecule has 1 aromatic heterocycles. The van der Waals surface area contributed by atoms with Gasteiger partial charge in [0.05, 0.1) is 6.54 Å². The molecule has 0 radical (unpaired) electrons. The molecule has 1 aromatic rings. The fraction of sp³-hybridized carbons (Fsp3) is 0.765. The van der Waals surface area contributed by atoms with E-state index in [1.54, 1.807) is 11.3 Å². The van der Waals surface area contributed by atoms with Crippen molar-refractivity contribution in [3.05, 3.63) is 16.1 Å². The first kappa shape index (κ1) is 20.7. The minimum atomic E-state index is 0. The lowest BCUT2D eigenvalue weighted by molar-refractivity contribution is 0.229. The van der Waals surface area contributed by atoms with Crippen molar-refractivity contribution in [3.63, 3.8) is 0 Å². The summed E-state index contributed by atoms with van der Waals surface area (Å²) in [6.45, 7) is 7.48. The molecule has 1 fully saturated rings. The molecule has 1 saturated carbocycles. The van der Waals surface area contributed by atoms with Crippen LogP contribution in [-0.2, 0) is 6.54 Å². The fourth-order valence-electron chi connectivity index (χ4n) is 3.25. The Kier molecular flexibility index (Phi) is 9.43. The van der Waals surface area contributed by atoms with Crippen molar-refractivity contribution in [2.45, 2.75) is 65.5 Å². The minimum Gasteiger partial charge on any atom is -0.354 e. The molecule has 2 atom stereocenters. The van der Waals surface area contributed by atoms with Gasteiger partial charge in [-0.15, -0.1) is 35.3 Å². The SMILES string of the molecule is CN=C(NCc1ncc(C)s1)NC(C)C(C)C1CCCCC1.I. The number of nitrogens with one attached hydrogen (secondary N) is 2. The van der Waals surface area contributed by atoms with Crippen LogP contribution in [0, 0.1) is 18.8 Å². The van der Waals surface area contributed by atoms with Gasteiger partial charge in [-0.2, -0.15) is 0 Å². The lowest BCUT2D eigenvalue weighted by atomic mass is 9.78. The summed E-state index contributed by atoms with van der Waals surface area (Å²) in [6, 6.07) is 0.437. The second-order valence-electron chi connectivity index (χ2n) is 6.48. The van der Waals surface area contributed by atoms with Crippen LogP contribution in [0.1, 0.15) is 55.8 Å². The number of aryl methyl sites for hydroxylation is 1. The Labute approximate surface area is 162 Å². The molecule has 4 nitrogen and oxygen atoms in total. The number of hydrogen-bond acceptors (Lipinski definition) is 3. The molecule has 132 valence electrons. The molecule has 6 heteroatoms. The number of nitrogens with zero attached hydrogens (tertiary/aromatic N) is 2. The molecule has 2 unspecified atom stereocenters. The van der Waals surface area contributed by atoms with Crippen molar-refractivity contribution in [2.24, 2.45) is 16.8 Å². The lowest BCUT2D eigenvalue weighted by Crippen LogP contribution is -2.46. The maximum atomic E-state index is 4.38. The summed E-state index contributed by atoms with van der Waals surface area (Å²) in [5.74, 6) is 2.42. The normalized spacial score (nSPS) is 18.9. The molecule has 23 heavy (non-hydrogen) atoms. The molecule has 0 aromatic carbocycles. The highest BCUT2D eigenvalue weighted by atomic mass is 127. The first-order valence-electron chi connectivity index (χ1n) is 8.48. The van der Waals surface area contributed by atoms with E-state index in [2.05, 4.69) is 41.4 Å². The van der Waals surface area contributed by atoms with E-state index < -0.39 is 0 Å². The molecular weight excluding hydrogens is 419 g/mol. The molecule has 0 amide bonds. The van der Waals surface area contributed by atoms with Crippen LogP contribution in [0.15, 0.2) is 11.2 Å². The van der Waals surface area contributed by atoms with Crippen LogP contribution in [0.4, 0.5) is 0 Å². The first-order valence-corrected chi connectivity index (χ1v) is 9.30. The van der Waals surface area contributed by atoms with Crippen molar-refractivity contribution in [1.29, 1.82) is 0 Å². The summed E-state index contributed by atoms with van der Waals surface area (Å²) >= 11 is 1.73. The number of rotatable bonds is 5. The number of guanidine groups is 1. The maximum absolute atomic E-state index is 4.38. The third-order valence-corrected chi connectivity index (χ3v) is 5.76. The third-order valence-electron chi connectivity index (χ3n) is 4.85. The van der Waals surface area contributed by atoms with Crippen molar-refractivity contribution < 1.29 is 0 Å². The summed E-state index contributed by atoms with van der Waals surface area (Å²) in [4.78, 5) is 9.98. The van der Waals surface area contributed by atoms with Gasteiger partial charge in [0.25, 0.3) is 0 Å². The Morgan fingerprint density at radius 3 is 2.61 bits per heavy atom. The van der Waals surface area contributed by atoms with Crippen molar-refractivity contribution in [2.75, 3.05) is 7.05 Å². The zero-order valence-electron chi connectivity index (χ0n) is 14.8. The van der Waals surface area contributed by atoms with Gasteiger partial charge in [-0.25, -0.2) is 4.98 Å². The number of hydrogen-bond donors (Lipinski definition) is 2. The molecular formula is C17H31IN4S. The second kappa shape index (κ2) is 10.5. The predicted molar refractivity (Wildman–Crippen MR) is 111 cm³/mol. The van der Waals surface area contributed by atoms with E-state index >= 15 is 0 Å².